The van der Waals surface area contributed by atoms with Crippen molar-refractivity contribution in [3.63, 3.8) is 0 Å². The highest BCUT2D eigenvalue weighted by Gasteiger charge is 2.26. The molecule has 5 nitrogen and oxygen atoms in total. The Hall–Kier alpha value is -2.14. The number of rotatable bonds is 9. The number of nitrogens with one attached hydrogen (secondary N) is 2. The van der Waals surface area contributed by atoms with E-state index in [1.165, 1.54) is 18.4 Å². The lowest BCUT2D eigenvalue weighted by atomic mass is 10.2. The fourth-order valence-electron chi connectivity index (χ4n) is 2.61. The van der Waals surface area contributed by atoms with Gasteiger partial charge in [-0.3, -0.25) is 0 Å². The fraction of sp³-hybridized carbons (Fsp3) is 0.474. The van der Waals surface area contributed by atoms with Crippen LogP contribution in [0.2, 0.25) is 0 Å². The molecule has 0 unspecified atom stereocenters. The summed E-state index contributed by atoms with van der Waals surface area (Å²) in [4.78, 5) is 11.5. The number of hydrogen-bond donors (Lipinski definition) is 2. The molecule has 0 saturated heterocycles. The Morgan fingerprint density at radius 2 is 1.88 bits per heavy atom. The Bertz CT molecular complexity index is 637. The van der Waals surface area contributed by atoms with Gasteiger partial charge < -0.3 is 15.5 Å². The lowest BCUT2D eigenvalue weighted by Gasteiger charge is -2.12. The van der Waals surface area contributed by atoms with Gasteiger partial charge in [0.1, 0.15) is 5.82 Å². The van der Waals surface area contributed by atoms with E-state index in [1.54, 1.807) is 0 Å². The number of anilines is 2. The maximum Gasteiger partial charge on any atom is 0.224 e. The molecule has 1 heterocycles. The van der Waals surface area contributed by atoms with Crippen LogP contribution in [-0.4, -0.2) is 42.1 Å². The van der Waals surface area contributed by atoms with E-state index in [9.17, 15) is 0 Å². The Kier molecular flexibility index (Phi) is 5.64. The third-order valence-corrected chi connectivity index (χ3v) is 4.12. The zero-order valence-corrected chi connectivity index (χ0v) is 14.6. The normalized spacial score (nSPS) is 14.0. The van der Waals surface area contributed by atoms with Gasteiger partial charge in [-0.25, -0.2) is 4.98 Å². The van der Waals surface area contributed by atoms with Crippen LogP contribution in [0.25, 0.3) is 0 Å². The van der Waals surface area contributed by atoms with Gasteiger partial charge in [-0.1, -0.05) is 30.3 Å². The van der Waals surface area contributed by atoms with Crippen molar-refractivity contribution in [3.8, 4) is 0 Å². The van der Waals surface area contributed by atoms with E-state index < -0.39 is 0 Å². The number of benzene rings is 1. The van der Waals surface area contributed by atoms with Crippen molar-refractivity contribution in [2.45, 2.75) is 31.7 Å². The largest absolute Gasteiger partial charge is 0.366 e. The first-order valence-corrected chi connectivity index (χ1v) is 8.76. The van der Waals surface area contributed by atoms with Gasteiger partial charge in [0.05, 0.1) is 5.69 Å². The first kappa shape index (κ1) is 16.7. The van der Waals surface area contributed by atoms with Crippen LogP contribution in [0.3, 0.4) is 0 Å². The molecule has 128 valence electrons. The van der Waals surface area contributed by atoms with Crippen LogP contribution >= 0.6 is 0 Å². The quantitative estimate of drug-likeness (QED) is 0.693. The van der Waals surface area contributed by atoms with Crippen LogP contribution in [-0.2, 0) is 6.54 Å². The van der Waals surface area contributed by atoms with Crippen molar-refractivity contribution in [3.05, 3.63) is 47.7 Å². The van der Waals surface area contributed by atoms with Crippen molar-refractivity contribution >= 4 is 11.8 Å². The number of aromatic nitrogens is 2. The highest BCUT2D eigenvalue weighted by atomic mass is 15.1. The minimum Gasteiger partial charge on any atom is -0.366 e. The van der Waals surface area contributed by atoms with Gasteiger partial charge in [-0.05, 0) is 45.5 Å². The van der Waals surface area contributed by atoms with Gasteiger partial charge in [0.2, 0.25) is 5.95 Å². The summed E-state index contributed by atoms with van der Waals surface area (Å²) in [7, 11) is 4.19. The van der Waals surface area contributed by atoms with Crippen molar-refractivity contribution in [2.75, 3.05) is 37.8 Å². The van der Waals surface area contributed by atoms with Crippen LogP contribution in [0.1, 0.15) is 36.4 Å². The standard InChI is InChI=1S/C19H27N5/c1-24(2)12-6-11-20-19-22-17(16-9-10-16)13-18(23-19)21-14-15-7-4-3-5-8-15/h3-5,7-8,13,16H,6,9-12,14H2,1-2H3,(H2,20,21,22,23). The van der Waals surface area contributed by atoms with E-state index in [1.807, 2.05) is 6.07 Å². The molecule has 0 amide bonds. The molecule has 1 aliphatic rings. The molecule has 2 N–H and O–H groups in total. The van der Waals surface area contributed by atoms with Crippen LogP contribution in [0.4, 0.5) is 11.8 Å². The topological polar surface area (TPSA) is 53.1 Å². The molecule has 0 radical (unpaired) electrons. The van der Waals surface area contributed by atoms with Gasteiger partial charge in [-0.15, -0.1) is 0 Å². The third-order valence-electron chi connectivity index (χ3n) is 4.12. The molecule has 1 aromatic carbocycles. The van der Waals surface area contributed by atoms with Crippen molar-refractivity contribution in [2.24, 2.45) is 0 Å². The summed E-state index contributed by atoms with van der Waals surface area (Å²) in [5, 5.41) is 6.81. The van der Waals surface area contributed by atoms with E-state index in [2.05, 4.69) is 64.9 Å². The summed E-state index contributed by atoms with van der Waals surface area (Å²) in [5.74, 6) is 2.27. The van der Waals surface area contributed by atoms with Gasteiger partial charge in [0.15, 0.2) is 0 Å². The molecule has 0 spiro atoms. The Morgan fingerprint density at radius 1 is 1.08 bits per heavy atom. The van der Waals surface area contributed by atoms with E-state index in [-0.39, 0.29) is 0 Å². The van der Waals surface area contributed by atoms with E-state index in [4.69, 9.17) is 4.98 Å². The lowest BCUT2D eigenvalue weighted by molar-refractivity contribution is 0.405. The van der Waals surface area contributed by atoms with Gasteiger partial charge in [0, 0.05) is 25.1 Å². The van der Waals surface area contributed by atoms with E-state index >= 15 is 0 Å². The second kappa shape index (κ2) is 8.11. The molecule has 5 heteroatoms. The third kappa shape index (κ3) is 5.20. The molecule has 1 aliphatic carbocycles. The smallest absolute Gasteiger partial charge is 0.224 e. The molecule has 1 aromatic heterocycles. The summed E-state index contributed by atoms with van der Waals surface area (Å²) in [6.07, 6.45) is 3.57. The maximum atomic E-state index is 4.69. The minimum atomic E-state index is 0.618. The SMILES string of the molecule is CN(C)CCCNc1nc(NCc2ccccc2)cc(C2CC2)n1. The summed E-state index contributed by atoms with van der Waals surface area (Å²) in [6.45, 7) is 2.74. The molecule has 1 fully saturated rings. The average Bonchev–Trinajstić information content (AvgIpc) is 3.43. The predicted molar refractivity (Wildman–Crippen MR) is 99.4 cm³/mol. The zero-order chi connectivity index (χ0) is 16.8. The van der Waals surface area contributed by atoms with E-state index in [0.29, 0.717) is 5.92 Å². The zero-order valence-electron chi connectivity index (χ0n) is 14.6. The first-order valence-electron chi connectivity index (χ1n) is 8.76. The molecule has 24 heavy (non-hydrogen) atoms. The molecular weight excluding hydrogens is 298 g/mol. The monoisotopic (exact) mass is 325 g/mol. The maximum absolute atomic E-state index is 4.69. The Balaban J connectivity index is 1.62. The molecular formula is C19H27N5. The van der Waals surface area contributed by atoms with Crippen molar-refractivity contribution in [1.29, 1.82) is 0 Å². The second-order valence-electron chi connectivity index (χ2n) is 6.70. The highest BCUT2D eigenvalue weighted by Crippen LogP contribution is 2.39. The van der Waals surface area contributed by atoms with Gasteiger partial charge >= 0.3 is 0 Å². The van der Waals surface area contributed by atoms with Crippen molar-refractivity contribution in [1.82, 2.24) is 14.9 Å². The molecule has 0 bridgehead atoms. The first-order chi connectivity index (χ1) is 11.7. The Labute approximate surface area is 144 Å². The van der Waals surface area contributed by atoms with Crippen LogP contribution in [0.5, 0.6) is 0 Å². The number of nitrogens with zero attached hydrogens (tertiary/aromatic N) is 3. The minimum absolute atomic E-state index is 0.618. The molecule has 0 atom stereocenters. The fourth-order valence-corrected chi connectivity index (χ4v) is 2.61. The summed E-state index contributed by atoms with van der Waals surface area (Å²) >= 11 is 0. The molecule has 3 rings (SSSR count). The molecule has 0 aliphatic heterocycles. The van der Waals surface area contributed by atoms with Gasteiger partial charge in [-0.2, -0.15) is 4.98 Å². The average molecular weight is 325 g/mol. The number of hydrogen-bond acceptors (Lipinski definition) is 5. The van der Waals surface area contributed by atoms with Gasteiger partial charge in [0.25, 0.3) is 0 Å². The summed E-state index contributed by atoms with van der Waals surface area (Å²) in [6, 6.07) is 12.5. The molecule has 1 saturated carbocycles. The van der Waals surface area contributed by atoms with Crippen molar-refractivity contribution < 1.29 is 0 Å². The van der Waals surface area contributed by atoms with E-state index in [0.717, 1.165) is 43.5 Å². The summed E-state index contributed by atoms with van der Waals surface area (Å²) in [5.41, 5.74) is 2.42. The summed E-state index contributed by atoms with van der Waals surface area (Å²) < 4.78 is 0. The highest BCUT2D eigenvalue weighted by molar-refractivity contribution is 5.44. The van der Waals surface area contributed by atoms with Crippen LogP contribution < -0.4 is 10.6 Å². The lowest BCUT2D eigenvalue weighted by Crippen LogP contribution is -2.17. The second-order valence-corrected chi connectivity index (χ2v) is 6.70. The van der Waals surface area contributed by atoms with Crippen LogP contribution in [0, 0.1) is 0 Å². The van der Waals surface area contributed by atoms with Crippen LogP contribution in [0.15, 0.2) is 36.4 Å². The Morgan fingerprint density at radius 3 is 2.58 bits per heavy atom. The predicted octanol–water partition coefficient (Wildman–Crippen LogP) is 3.33. The molecule has 2 aromatic rings.